The summed E-state index contributed by atoms with van der Waals surface area (Å²) in [4.78, 5) is 14.1. The van der Waals surface area contributed by atoms with E-state index in [-0.39, 0.29) is 11.6 Å². The Morgan fingerprint density at radius 2 is 2.17 bits per heavy atom. The van der Waals surface area contributed by atoms with Gasteiger partial charge in [0, 0.05) is 18.2 Å². The molecule has 3 rings (SSSR count). The van der Waals surface area contributed by atoms with E-state index in [4.69, 9.17) is 0 Å². The maximum atomic E-state index is 11.4. The monoisotopic (exact) mass is 260 g/mol. The number of nitrogens with zero attached hydrogens (tertiary/aromatic N) is 1. The average Bonchev–Trinajstić information content (AvgIpc) is 2.89. The molecular formula is C13H12N2O2S. The minimum Gasteiger partial charge on any atom is -0.493 e. The Hall–Kier alpha value is -2.01. The Balaban J connectivity index is 2.06. The van der Waals surface area contributed by atoms with Crippen molar-refractivity contribution < 1.29 is 5.11 Å². The summed E-state index contributed by atoms with van der Waals surface area (Å²) in [6, 6.07) is 8.12. The minimum atomic E-state index is -0.290. The van der Waals surface area contributed by atoms with E-state index in [9.17, 15) is 9.90 Å². The van der Waals surface area contributed by atoms with Crippen molar-refractivity contribution in [3.05, 3.63) is 51.4 Å². The van der Waals surface area contributed by atoms with Gasteiger partial charge in [-0.25, -0.2) is 4.79 Å². The Morgan fingerprint density at radius 1 is 1.39 bits per heavy atom. The third-order valence-corrected chi connectivity index (χ3v) is 4.09. The van der Waals surface area contributed by atoms with Gasteiger partial charge in [0.05, 0.1) is 5.69 Å². The van der Waals surface area contributed by atoms with Crippen LogP contribution < -0.4 is 5.69 Å². The fourth-order valence-corrected chi connectivity index (χ4v) is 3.01. The van der Waals surface area contributed by atoms with Gasteiger partial charge in [0.2, 0.25) is 5.88 Å². The number of aromatic nitrogens is 2. The van der Waals surface area contributed by atoms with E-state index in [0.29, 0.717) is 12.1 Å². The molecular weight excluding hydrogens is 248 g/mol. The molecule has 5 heteroatoms. The summed E-state index contributed by atoms with van der Waals surface area (Å²) >= 11 is 1.67. The number of thiophene rings is 1. The highest BCUT2D eigenvalue weighted by Crippen LogP contribution is 2.28. The van der Waals surface area contributed by atoms with Gasteiger partial charge >= 0.3 is 5.69 Å². The van der Waals surface area contributed by atoms with Crippen LogP contribution in [-0.2, 0) is 13.5 Å². The molecule has 0 unspecified atom stereocenters. The van der Waals surface area contributed by atoms with Gasteiger partial charge in [-0.2, -0.15) is 0 Å². The Kier molecular flexibility index (Phi) is 2.48. The summed E-state index contributed by atoms with van der Waals surface area (Å²) < 4.78 is 2.43. The zero-order valence-corrected chi connectivity index (χ0v) is 10.6. The highest BCUT2D eigenvalue weighted by Gasteiger charge is 2.12. The molecule has 0 aliphatic heterocycles. The van der Waals surface area contributed by atoms with Crippen molar-refractivity contribution in [2.24, 2.45) is 7.05 Å². The molecule has 0 aliphatic carbocycles. The molecule has 0 saturated carbocycles. The SMILES string of the molecule is Cn1c(O)c(Cc2csc3ccccc23)[nH]c1=O. The number of hydrogen-bond acceptors (Lipinski definition) is 3. The number of benzene rings is 1. The van der Waals surface area contributed by atoms with Crippen LogP contribution in [0.5, 0.6) is 5.88 Å². The molecule has 3 aromatic rings. The van der Waals surface area contributed by atoms with Gasteiger partial charge in [0.15, 0.2) is 0 Å². The van der Waals surface area contributed by atoms with Crippen LogP contribution in [0.1, 0.15) is 11.3 Å². The van der Waals surface area contributed by atoms with Crippen LogP contribution in [0.15, 0.2) is 34.4 Å². The molecule has 0 aliphatic rings. The minimum absolute atomic E-state index is 0.00952. The first kappa shape index (κ1) is 11.1. The third-order valence-electron chi connectivity index (χ3n) is 3.08. The van der Waals surface area contributed by atoms with Gasteiger partial charge in [-0.05, 0) is 22.4 Å². The van der Waals surface area contributed by atoms with Crippen LogP contribution in [0.4, 0.5) is 0 Å². The second kappa shape index (κ2) is 4.03. The largest absolute Gasteiger partial charge is 0.493 e. The van der Waals surface area contributed by atoms with Gasteiger partial charge in [0.1, 0.15) is 0 Å². The fourth-order valence-electron chi connectivity index (χ4n) is 2.05. The molecule has 2 heterocycles. The Bertz CT molecular complexity index is 767. The van der Waals surface area contributed by atoms with Crippen LogP contribution in [0.25, 0.3) is 10.1 Å². The van der Waals surface area contributed by atoms with Gasteiger partial charge < -0.3 is 10.1 Å². The maximum absolute atomic E-state index is 11.4. The van der Waals surface area contributed by atoms with Gasteiger partial charge in [0.25, 0.3) is 0 Å². The van der Waals surface area contributed by atoms with Crippen molar-refractivity contribution in [1.82, 2.24) is 9.55 Å². The molecule has 2 aromatic heterocycles. The number of aromatic hydroxyl groups is 1. The summed E-state index contributed by atoms with van der Waals surface area (Å²) in [6.07, 6.45) is 0.534. The molecule has 0 radical (unpaired) electrons. The van der Waals surface area contributed by atoms with Crippen molar-refractivity contribution in [1.29, 1.82) is 0 Å². The topological polar surface area (TPSA) is 58.0 Å². The van der Waals surface area contributed by atoms with E-state index in [0.717, 1.165) is 5.56 Å². The van der Waals surface area contributed by atoms with E-state index in [2.05, 4.69) is 22.5 Å². The Labute approximate surface area is 107 Å². The van der Waals surface area contributed by atoms with Crippen LogP contribution in [0.3, 0.4) is 0 Å². The van der Waals surface area contributed by atoms with Crippen LogP contribution in [0, 0.1) is 0 Å². The molecule has 0 spiro atoms. The molecule has 2 N–H and O–H groups in total. The predicted octanol–water partition coefficient (Wildman–Crippen LogP) is 2.22. The zero-order chi connectivity index (χ0) is 12.7. The summed E-state index contributed by atoms with van der Waals surface area (Å²) in [6.45, 7) is 0. The number of fused-ring (bicyclic) bond motifs is 1. The molecule has 1 aromatic carbocycles. The van der Waals surface area contributed by atoms with Gasteiger partial charge in [-0.1, -0.05) is 18.2 Å². The second-order valence-corrected chi connectivity index (χ2v) is 5.14. The number of H-pyrrole nitrogens is 1. The van der Waals surface area contributed by atoms with Crippen molar-refractivity contribution in [3.8, 4) is 5.88 Å². The molecule has 0 amide bonds. The van der Waals surface area contributed by atoms with Gasteiger partial charge in [-0.3, -0.25) is 4.57 Å². The van der Waals surface area contributed by atoms with Crippen LogP contribution >= 0.6 is 11.3 Å². The fraction of sp³-hybridized carbons (Fsp3) is 0.154. The summed E-state index contributed by atoms with van der Waals surface area (Å²) in [5.74, 6) is 0.00952. The predicted molar refractivity (Wildman–Crippen MR) is 72.3 cm³/mol. The molecule has 4 nitrogen and oxygen atoms in total. The number of imidazole rings is 1. The van der Waals surface area contributed by atoms with E-state index in [1.165, 1.54) is 14.7 Å². The molecule has 0 saturated heterocycles. The average molecular weight is 260 g/mol. The molecule has 0 atom stereocenters. The number of rotatable bonds is 2. The van der Waals surface area contributed by atoms with Gasteiger partial charge in [-0.15, -0.1) is 11.3 Å². The third kappa shape index (κ3) is 1.64. The number of aromatic amines is 1. The summed E-state index contributed by atoms with van der Waals surface area (Å²) in [5, 5.41) is 13.1. The van der Waals surface area contributed by atoms with Crippen molar-refractivity contribution in [2.75, 3.05) is 0 Å². The quantitative estimate of drug-likeness (QED) is 0.742. The number of nitrogens with one attached hydrogen (secondary N) is 1. The van der Waals surface area contributed by atoms with Crippen molar-refractivity contribution in [3.63, 3.8) is 0 Å². The molecule has 0 bridgehead atoms. The van der Waals surface area contributed by atoms with E-state index < -0.39 is 0 Å². The lowest BCUT2D eigenvalue weighted by Crippen LogP contribution is -2.11. The molecule has 92 valence electrons. The molecule has 18 heavy (non-hydrogen) atoms. The highest BCUT2D eigenvalue weighted by atomic mass is 32.1. The van der Waals surface area contributed by atoms with E-state index in [1.807, 2.05) is 12.1 Å². The first-order valence-corrected chi connectivity index (χ1v) is 6.46. The second-order valence-electron chi connectivity index (χ2n) is 4.23. The zero-order valence-electron chi connectivity index (χ0n) is 9.80. The molecule has 0 fully saturated rings. The number of hydrogen-bond donors (Lipinski definition) is 2. The van der Waals surface area contributed by atoms with E-state index >= 15 is 0 Å². The highest BCUT2D eigenvalue weighted by molar-refractivity contribution is 7.17. The first-order valence-electron chi connectivity index (χ1n) is 5.59. The van der Waals surface area contributed by atoms with Crippen molar-refractivity contribution >= 4 is 21.4 Å². The lowest BCUT2D eigenvalue weighted by molar-refractivity contribution is 0.424. The lowest BCUT2D eigenvalue weighted by atomic mass is 10.1. The van der Waals surface area contributed by atoms with E-state index in [1.54, 1.807) is 18.4 Å². The smallest absolute Gasteiger partial charge is 0.328 e. The van der Waals surface area contributed by atoms with Crippen molar-refractivity contribution in [2.45, 2.75) is 6.42 Å². The standard InChI is InChI=1S/C13H12N2O2S/c1-15-12(16)10(14-13(15)17)6-8-7-18-11-5-3-2-4-9(8)11/h2-5,7,16H,6H2,1H3,(H,14,17). The maximum Gasteiger partial charge on any atom is 0.328 e. The summed E-state index contributed by atoms with van der Waals surface area (Å²) in [7, 11) is 1.55. The normalized spacial score (nSPS) is 11.2. The first-order chi connectivity index (χ1) is 8.66. The van der Waals surface area contributed by atoms with Crippen LogP contribution in [0.2, 0.25) is 0 Å². The Morgan fingerprint density at radius 3 is 2.89 bits per heavy atom. The summed E-state index contributed by atoms with van der Waals surface area (Å²) in [5.41, 5.74) is 1.39. The van der Waals surface area contributed by atoms with Crippen LogP contribution in [-0.4, -0.2) is 14.7 Å². The lowest BCUT2D eigenvalue weighted by Gasteiger charge is -1.99.